The van der Waals surface area contributed by atoms with Gasteiger partial charge in [0.25, 0.3) is 0 Å². The van der Waals surface area contributed by atoms with Crippen molar-refractivity contribution in [3.05, 3.63) is 95.1 Å². The highest BCUT2D eigenvalue weighted by atomic mass is 19.4. The zero-order valence-electron chi connectivity index (χ0n) is 19.1. The van der Waals surface area contributed by atoms with Gasteiger partial charge >= 0.3 is 6.18 Å². The lowest BCUT2D eigenvalue weighted by Gasteiger charge is -2.22. The van der Waals surface area contributed by atoms with Crippen molar-refractivity contribution in [2.45, 2.75) is 37.6 Å². The van der Waals surface area contributed by atoms with Gasteiger partial charge < -0.3 is 10.4 Å². The monoisotopic (exact) mass is 498 g/mol. The molecule has 2 amide bonds. The standard InChI is InChI=1S/C27H25F3N2O4/c28-27(29,30)22-8-4-3-6-20(22)17-11-9-16(10-12-17)13-19(15-24(34)32-36)26(35)31-25-21-7-2-1-5-18(21)14-23(25)33/h1-12,19,23,25,33,36H,13-15H2,(H,31,35)(H,32,34)/t19-,23-,25+/m1/s1. The molecule has 0 aromatic heterocycles. The van der Waals surface area contributed by atoms with E-state index in [2.05, 4.69) is 5.32 Å². The number of rotatable bonds is 7. The molecule has 0 aliphatic heterocycles. The molecule has 4 rings (SSSR count). The number of amides is 2. The lowest BCUT2D eigenvalue weighted by molar-refractivity contribution is -0.137. The van der Waals surface area contributed by atoms with E-state index in [0.717, 1.165) is 17.2 Å². The number of hydrogen-bond acceptors (Lipinski definition) is 4. The van der Waals surface area contributed by atoms with E-state index >= 15 is 0 Å². The Bertz CT molecular complexity index is 1240. The van der Waals surface area contributed by atoms with Gasteiger partial charge in [-0.1, -0.05) is 66.7 Å². The number of alkyl halides is 3. The summed E-state index contributed by atoms with van der Waals surface area (Å²) in [6, 6.07) is 18.3. The Morgan fingerprint density at radius 1 is 0.972 bits per heavy atom. The summed E-state index contributed by atoms with van der Waals surface area (Å²) in [7, 11) is 0. The summed E-state index contributed by atoms with van der Waals surface area (Å²) in [5, 5.41) is 22.3. The van der Waals surface area contributed by atoms with Crippen LogP contribution < -0.4 is 10.8 Å². The zero-order chi connectivity index (χ0) is 25.9. The van der Waals surface area contributed by atoms with Gasteiger partial charge in [-0.2, -0.15) is 13.2 Å². The van der Waals surface area contributed by atoms with E-state index in [9.17, 15) is 27.9 Å². The number of carbonyl (C=O) groups is 2. The van der Waals surface area contributed by atoms with Gasteiger partial charge in [-0.25, -0.2) is 5.48 Å². The molecule has 188 valence electrons. The first kappa shape index (κ1) is 25.4. The number of fused-ring (bicyclic) bond motifs is 1. The Hall–Kier alpha value is -3.69. The van der Waals surface area contributed by atoms with Gasteiger partial charge in [0, 0.05) is 12.8 Å². The van der Waals surface area contributed by atoms with Crippen molar-refractivity contribution in [1.82, 2.24) is 10.8 Å². The minimum Gasteiger partial charge on any atom is -0.390 e. The van der Waals surface area contributed by atoms with Crippen molar-refractivity contribution >= 4 is 11.8 Å². The summed E-state index contributed by atoms with van der Waals surface area (Å²) in [6.45, 7) is 0. The van der Waals surface area contributed by atoms with Gasteiger partial charge in [-0.15, -0.1) is 0 Å². The van der Waals surface area contributed by atoms with Crippen LogP contribution in [-0.4, -0.2) is 28.2 Å². The molecule has 0 heterocycles. The van der Waals surface area contributed by atoms with Crippen molar-refractivity contribution in [2.75, 3.05) is 0 Å². The number of halogens is 3. The van der Waals surface area contributed by atoms with Crippen molar-refractivity contribution in [3.63, 3.8) is 0 Å². The molecule has 0 fully saturated rings. The van der Waals surface area contributed by atoms with Crippen LogP contribution in [0.5, 0.6) is 0 Å². The minimum atomic E-state index is -4.50. The second kappa shape index (κ2) is 10.5. The van der Waals surface area contributed by atoms with Crippen LogP contribution in [0.1, 0.15) is 34.7 Å². The second-order valence-electron chi connectivity index (χ2n) is 8.84. The molecule has 1 aliphatic carbocycles. The molecule has 0 saturated heterocycles. The van der Waals surface area contributed by atoms with Gasteiger partial charge in [0.2, 0.25) is 11.8 Å². The van der Waals surface area contributed by atoms with Crippen LogP contribution in [-0.2, 0) is 28.6 Å². The molecule has 0 spiro atoms. The van der Waals surface area contributed by atoms with Gasteiger partial charge in [0.05, 0.1) is 23.6 Å². The SMILES string of the molecule is O=C(C[C@@H](Cc1ccc(-c2ccccc2C(F)(F)F)cc1)C(=O)N[C@H]1c2ccccc2C[C@H]1O)NO. The maximum Gasteiger partial charge on any atom is 0.417 e. The van der Waals surface area contributed by atoms with Crippen LogP contribution in [0, 0.1) is 5.92 Å². The highest BCUT2D eigenvalue weighted by Crippen LogP contribution is 2.37. The molecule has 3 aromatic carbocycles. The van der Waals surface area contributed by atoms with Crippen LogP contribution in [0.4, 0.5) is 13.2 Å². The number of carbonyl (C=O) groups excluding carboxylic acids is 2. The van der Waals surface area contributed by atoms with Gasteiger partial charge in [-0.3, -0.25) is 14.8 Å². The minimum absolute atomic E-state index is 0.0411. The van der Waals surface area contributed by atoms with Crippen LogP contribution >= 0.6 is 0 Å². The van der Waals surface area contributed by atoms with E-state index in [1.807, 2.05) is 24.3 Å². The summed E-state index contributed by atoms with van der Waals surface area (Å²) >= 11 is 0. The average molecular weight is 499 g/mol. The lowest BCUT2D eigenvalue weighted by Crippen LogP contribution is -2.40. The summed E-state index contributed by atoms with van der Waals surface area (Å²) in [5.41, 5.74) is 3.55. The van der Waals surface area contributed by atoms with Crippen LogP contribution in [0.3, 0.4) is 0 Å². The first-order chi connectivity index (χ1) is 17.2. The summed E-state index contributed by atoms with van der Waals surface area (Å²) in [6.07, 6.45) is -5.13. The maximum absolute atomic E-state index is 13.4. The Labute approximate surface area is 205 Å². The fourth-order valence-electron chi connectivity index (χ4n) is 4.63. The Morgan fingerprint density at radius 3 is 2.33 bits per heavy atom. The van der Waals surface area contributed by atoms with Crippen molar-refractivity contribution in [3.8, 4) is 11.1 Å². The first-order valence-electron chi connectivity index (χ1n) is 11.4. The van der Waals surface area contributed by atoms with E-state index in [4.69, 9.17) is 5.21 Å². The Balaban J connectivity index is 1.53. The van der Waals surface area contributed by atoms with Crippen molar-refractivity contribution in [1.29, 1.82) is 0 Å². The second-order valence-corrected chi connectivity index (χ2v) is 8.84. The third-order valence-electron chi connectivity index (χ3n) is 6.41. The summed E-state index contributed by atoms with van der Waals surface area (Å²) in [5.74, 6) is -2.12. The number of hydrogen-bond donors (Lipinski definition) is 4. The van der Waals surface area contributed by atoms with E-state index < -0.39 is 41.6 Å². The fraction of sp³-hybridized carbons (Fsp3) is 0.259. The highest BCUT2D eigenvalue weighted by molar-refractivity contribution is 5.86. The van der Waals surface area contributed by atoms with E-state index in [1.165, 1.54) is 35.8 Å². The molecule has 0 unspecified atom stereocenters. The fourth-order valence-corrected chi connectivity index (χ4v) is 4.63. The molecule has 0 bridgehead atoms. The van der Waals surface area contributed by atoms with E-state index in [1.54, 1.807) is 12.1 Å². The first-order valence-corrected chi connectivity index (χ1v) is 11.4. The van der Waals surface area contributed by atoms with E-state index in [0.29, 0.717) is 17.5 Å². The third-order valence-corrected chi connectivity index (χ3v) is 6.41. The molecule has 6 nitrogen and oxygen atoms in total. The van der Waals surface area contributed by atoms with Crippen LogP contribution in [0.15, 0.2) is 72.8 Å². The molecule has 9 heteroatoms. The topological polar surface area (TPSA) is 98.7 Å². The molecule has 4 N–H and O–H groups in total. The molecular formula is C27H25F3N2O4. The molecule has 3 aromatic rings. The Morgan fingerprint density at radius 2 is 1.64 bits per heavy atom. The lowest BCUT2D eigenvalue weighted by atomic mass is 9.92. The molecular weight excluding hydrogens is 473 g/mol. The van der Waals surface area contributed by atoms with Crippen molar-refractivity contribution in [2.24, 2.45) is 5.92 Å². The molecule has 3 atom stereocenters. The summed E-state index contributed by atoms with van der Waals surface area (Å²) in [4.78, 5) is 25.0. The van der Waals surface area contributed by atoms with Gasteiger partial charge in [0.15, 0.2) is 0 Å². The number of nitrogens with one attached hydrogen (secondary N) is 2. The predicted molar refractivity (Wildman–Crippen MR) is 126 cm³/mol. The molecule has 0 radical (unpaired) electrons. The summed E-state index contributed by atoms with van der Waals surface area (Å²) < 4.78 is 40.2. The van der Waals surface area contributed by atoms with Crippen molar-refractivity contribution < 1.29 is 33.1 Å². The third kappa shape index (κ3) is 5.58. The normalized spacial score (nSPS) is 17.8. The predicted octanol–water partition coefficient (Wildman–Crippen LogP) is 4.20. The quantitative estimate of drug-likeness (QED) is 0.290. The van der Waals surface area contributed by atoms with E-state index in [-0.39, 0.29) is 18.4 Å². The smallest absolute Gasteiger partial charge is 0.390 e. The number of aliphatic hydroxyl groups is 1. The molecule has 1 aliphatic rings. The van der Waals surface area contributed by atoms with Crippen LogP contribution in [0.25, 0.3) is 11.1 Å². The highest BCUT2D eigenvalue weighted by Gasteiger charge is 2.35. The van der Waals surface area contributed by atoms with Gasteiger partial charge in [-0.05, 0) is 40.3 Å². The maximum atomic E-state index is 13.4. The van der Waals surface area contributed by atoms with Crippen LogP contribution in [0.2, 0.25) is 0 Å². The molecule has 36 heavy (non-hydrogen) atoms. The number of hydroxylamine groups is 1. The largest absolute Gasteiger partial charge is 0.417 e. The zero-order valence-corrected chi connectivity index (χ0v) is 19.1. The average Bonchev–Trinajstić information content (AvgIpc) is 3.18. The Kier molecular flexibility index (Phi) is 7.42. The number of aliphatic hydroxyl groups excluding tert-OH is 1. The number of benzene rings is 3. The molecule has 0 saturated carbocycles. The van der Waals surface area contributed by atoms with Gasteiger partial charge in [0.1, 0.15) is 0 Å².